The molecule has 0 amide bonds. The van der Waals surface area contributed by atoms with Crippen LogP contribution in [0.1, 0.15) is 43.1 Å². The molecule has 3 heterocycles. The van der Waals surface area contributed by atoms with Gasteiger partial charge in [-0.25, -0.2) is 24.3 Å². The van der Waals surface area contributed by atoms with E-state index in [1.807, 2.05) is 31.1 Å². The lowest BCUT2D eigenvalue weighted by Gasteiger charge is -2.34. The van der Waals surface area contributed by atoms with Crippen molar-refractivity contribution in [2.45, 2.75) is 38.5 Å². The number of nitrogens with zero attached hydrogens (tertiary/aromatic N) is 6. The number of aromatic nitrogens is 4. The van der Waals surface area contributed by atoms with Crippen LogP contribution in [0.4, 0.5) is 16.0 Å². The number of halogens is 1. The van der Waals surface area contributed by atoms with Gasteiger partial charge in [-0.05, 0) is 44.6 Å². The highest BCUT2D eigenvalue weighted by Crippen LogP contribution is 2.41. The molecule has 7 heteroatoms. The van der Waals surface area contributed by atoms with Crippen LogP contribution in [0.5, 0.6) is 0 Å². The molecule has 26 heavy (non-hydrogen) atoms. The summed E-state index contributed by atoms with van der Waals surface area (Å²) in [7, 11) is 1.93. The molecule has 0 N–H and O–H groups in total. The summed E-state index contributed by atoms with van der Waals surface area (Å²) in [6, 6.07) is 1.97. The monoisotopic (exact) mass is 356 g/mol. The molecule has 0 radical (unpaired) electrons. The average molecular weight is 356 g/mol. The van der Waals surface area contributed by atoms with E-state index in [0.717, 1.165) is 57.0 Å². The van der Waals surface area contributed by atoms with E-state index in [-0.39, 0.29) is 5.82 Å². The third kappa shape index (κ3) is 3.61. The SMILES string of the molecule is Cc1nccc(N2CCC(CN(C)c3ncnc(C4CC4)c3F)CC2)n1. The molecule has 4 rings (SSSR count). The second-order valence-corrected chi connectivity index (χ2v) is 7.44. The fourth-order valence-corrected chi connectivity index (χ4v) is 3.72. The lowest BCUT2D eigenvalue weighted by Crippen LogP contribution is -2.38. The van der Waals surface area contributed by atoms with Crippen molar-refractivity contribution in [1.82, 2.24) is 19.9 Å². The van der Waals surface area contributed by atoms with Crippen molar-refractivity contribution in [3.63, 3.8) is 0 Å². The van der Waals surface area contributed by atoms with Crippen LogP contribution in [0, 0.1) is 18.7 Å². The van der Waals surface area contributed by atoms with E-state index in [0.29, 0.717) is 23.3 Å². The quantitative estimate of drug-likeness (QED) is 0.821. The van der Waals surface area contributed by atoms with Gasteiger partial charge in [0.1, 0.15) is 18.0 Å². The molecule has 1 aliphatic carbocycles. The van der Waals surface area contributed by atoms with E-state index in [9.17, 15) is 4.39 Å². The zero-order valence-electron chi connectivity index (χ0n) is 15.4. The summed E-state index contributed by atoms with van der Waals surface area (Å²) in [5, 5.41) is 0. The van der Waals surface area contributed by atoms with Crippen LogP contribution in [0.3, 0.4) is 0 Å². The minimum Gasteiger partial charge on any atom is -0.357 e. The van der Waals surface area contributed by atoms with Crippen LogP contribution in [0.15, 0.2) is 18.6 Å². The van der Waals surface area contributed by atoms with Crippen LogP contribution >= 0.6 is 0 Å². The number of rotatable bonds is 5. The van der Waals surface area contributed by atoms with Gasteiger partial charge >= 0.3 is 0 Å². The van der Waals surface area contributed by atoms with Crippen molar-refractivity contribution >= 4 is 11.6 Å². The second-order valence-electron chi connectivity index (χ2n) is 7.44. The Balaban J connectivity index is 1.36. The maximum absolute atomic E-state index is 14.7. The van der Waals surface area contributed by atoms with Crippen LogP contribution in [-0.4, -0.2) is 46.6 Å². The Labute approximate surface area is 153 Å². The van der Waals surface area contributed by atoms with Gasteiger partial charge in [-0.15, -0.1) is 0 Å². The lowest BCUT2D eigenvalue weighted by molar-refractivity contribution is 0.404. The van der Waals surface area contributed by atoms with Gasteiger partial charge in [-0.1, -0.05) is 0 Å². The molecule has 0 aromatic carbocycles. The van der Waals surface area contributed by atoms with E-state index in [4.69, 9.17) is 0 Å². The van der Waals surface area contributed by atoms with E-state index in [2.05, 4.69) is 24.8 Å². The van der Waals surface area contributed by atoms with Gasteiger partial charge in [0.15, 0.2) is 11.6 Å². The maximum atomic E-state index is 14.7. The Morgan fingerprint density at radius 3 is 2.62 bits per heavy atom. The largest absolute Gasteiger partial charge is 0.357 e. The molecule has 6 nitrogen and oxygen atoms in total. The summed E-state index contributed by atoms with van der Waals surface area (Å²) in [5.74, 6) is 2.83. The Bertz CT molecular complexity index is 770. The molecule has 2 fully saturated rings. The normalized spacial score (nSPS) is 18.2. The number of hydrogen-bond donors (Lipinski definition) is 0. The fraction of sp³-hybridized carbons (Fsp3) is 0.579. The first-order chi connectivity index (χ1) is 12.6. The molecule has 2 aromatic rings. The van der Waals surface area contributed by atoms with Crippen molar-refractivity contribution in [3.8, 4) is 0 Å². The number of anilines is 2. The summed E-state index contributed by atoms with van der Waals surface area (Å²) >= 11 is 0. The minimum atomic E-state index is -0.230. The van der Waals surface area contributed by atoms with Crippen LogP contribution in [0.25, 0.3) is 0 Å². The highest BCUT2D eigenvalue weighted by molar-refractivity contribution is 5.42. The van der Waals surface area contributed by atoms with Crippen molar-refractivity contribution < 1.29 is 4.39 Å². The predicted molar refractivity (Wildman–Crippen MR) is 98.9 cm³/mol. The summed E-state index contributed by atoms with van der Waals surface area (Å²) < 4.78 is 14.7. The van der Waals surface area contributed by atoms with E-state index in [1.165, 1.54) is 6.33 Å². The highest BCUT2D eigenvalue weighted by Gasteiger charge is 2.31. The van der Waals surface area contributed by atoms with Gasteiger partial charge in [0.05, 0.1) is 5.69 Å². The number of hydrogen-bond acceptors (Lipinski definition) is 6. The van der Waals surface area contributed by atoms with Gasteiger partial charge in [-0.3, -0.25) is 0 Å². The molecule has 2 aromatic heterocycles. The van der Waals surface area contributed by atoms with Gasteiger partial charge < -0.3 is 9.80 Å². The van der Waals surface area contributed by atoms with E-state index >= 15 is 0 Å². The Hall–Kier alpha value is -2.31. The van der Waals surface area contributed by atoms with Crippen LogP contribution in [0.2, 0.25) is 0 Å². The van der Waals surface area contributed by atoms with Crippen molar-refractivity contribution in [3.05, 3.63) is 35.9 Å². The van der Waals surface area contributed by atoms with E-state index in [1.54, 1.807) is 0 Å². The van der Waals surface area contributed by atoms with Crippen molar-refractivity contribution in [2.24, 2.45) is 5.92 Å². The first-order valence-electron chi connectivity index (χ1n) is 9.38. The van der Waals surface area contributed by atoms with Gasteiger partial charge in [-0.2, -0.15) is 0 Å². The molecular weight excluding hydrogens is 331 g/mol. The van der Waals surface area contributed by atoms with E-state index < -0.39 is 0 Å². The summed E-state index contributed by atoms with van der Waals surface area (Å²) in [5.41, 5.74) is 0.593. The zero-order chi connectivity index (χ0) is 18.1. The molecule has 1 saturated carbocycles. The van der Waals surface area contributed by atoms with Crippen molar-refractivity contribution in [1.29, 1.82) is 0 Å². The molecule has 2 aliphatic rings. The topological polar surface area (TPSA) is 58.0 Å². The number of piperidine rings is 1. The molecule has 0 unspecified atom stereocenters. The summed E-state index contributed by atoms with van der Waals surface area (Å²) in [6.07, 6.45) is 7.52. The molecule has 1 aliphatic heterocycles. The Morgan fingerprint density at radius 2 is 1.92 bits per heavy atom. The molecule has 138 valence electrons. The third-order valence-electron chi connectivity index (χ3n) is 5.36. The fourth-order valence-electron chi connectivity index (χ4n) is 3.72. The lowest BCUT2D eigenvalue weighted by atomic mass is 9.96. The van der Waals surface area contributed by atoms with Gasteiger partial charge in [0.2, 0.25) is 0 Å². The van der Waals surface area contributed by atoms with Crippen LogP contribution in [-0.2, 0) is 0 Å². The molecule has 0 spiro atoms. The number of aryl methyl sites for hydroxylation is 1. The Kier molecular flexibility index (Phi) is 4.70. The van der Waals surface area contributed by atoms with Gasteiger partial charge in [0, 0.05) is 38.8 Å². The summed E-state index contributed by atoms with van der Waals surface area (Å²) in [6.45, 7) is 4.66. The summed E-state index contributed by atoms with van der Waals surface area (Å²) in [4.78, 5) is 21.3. The first-order valence-corrected chi connectivity index (χ1v) is 9.38. The maximum Gasteiger partial charge on any atom is 0.187 e. The Morgan fingerprint density at radius 1 is 1.15 bits per heavy atom. The average Bonchev–Trinajstić information content (AvgIpc) is 3.47. The standard InChI is InChI=1S/C19H25FN6/c1-13-21-8-5-16(24-13)26-9-6-14(7-10-26)11-25(2)19-17(20)18(15-3-4-15)22-12-23-19/h5,8,12,14-15H,3-4,6-7,9-11H2,1-2H3. The smallest absolute Gasteiger partial charge is 0.187 e. The molecule has 1 saturated heterocycles. The molecule has 0 bridgehead atoms. The third-order valence-corrected chi connectivity index (χ3v) is 5.36. The highest BCUT2D eigenvalue weighted by atomic mass is 19.1. The second kappa shape index (κ2) is 7.13. The van der Waals surface area contributed by atoms with Crippen LogP contribution < -0.4 is 9.80 Å². The minimum absolute atomic E-state index is 0.230. The zero-order valence-corrected chi connectivity index (χ0v) is 15.4. The molecule has 0 atom stereocenters. The predicted octanol–water partition coefficient (Wildman–Crippen LogP) is 2.94. The van der Waals surface area contributed by atoms with Gasteiger partial charge in [0.25, 0.3) is 0 Å². The van der Waals surface area contributed by atoms with Crippen molar-refractivity contribution in [2.75, 3.05) is 36.5 Å². The molecular formula is C19H25FN6. The first kappa shape index (κ1) is 17.1.